The molecule has 1 atom stereocenters. The van der Waals surface area contributed by atoms with Gasteiger partial charge in [0.1, 0.15) is 4.90 Å². The summed E-state index contributed by atoms with van der Waals surface area (Å²) in [5, 5.41) is 0. The Labute approximate surface area is 115 Å². The van der Waals surface area contributed by atoms with Crippen molar-refractivity contribution in [1.82, 2.24) is 4.72 Å². The fourth-order valence-electron chi connectivity index (χ4n) is 1.82. The van der Waals surface area contributed by atoms with Crippen LogP contribution in [0.4, 0.5) is 5.69 Å². The average Bonchev–Trinajstić information content (AvgIpc) is 2.31. The molecule has 108 valence electrons. The molecule has 0 aromatic heterocycles. The minimum Gasteiger partial charge on any atom is -0.398 e. The highest BCUT2D eigenvalue weighted by molar-refractivity contribution is 7.89. The number of nitrogens with two attached hydrogens (primary N) is 1. The van der Waals surface area contributed by atoms with Gasteiger partial charge in [0, 0.05) is 12.6 Å². The molecular weight excluding hydrogens is 264 g/mol. The van der Waals surface area contributed by atoms with E-state index in [-0.39, 0.29) is 16.6 Å². The summed E-state index contributed by atoms with van der Waals surface area (Å²) in [6, 6.07) is 3.13. The molecule has 0 amide bonds. The third-order valence-electron chi connectivity index (χ3n) is 2.90. The highest BCUT2D eigenvalue weighted by Crippen LogP contribution is 2.25. The Morgan fingerprint density at radius 3 is 2.58 bits per heavy atom. The maximum absolute atomic E-state index is 12.4. The van der Waals surface area contributed by atoms with Gasteiger partial charge in [-0.15, -0.1) is 0 Å². The van der Waals surface area contributed by atoms with Crippen LogP contribution in [0.2, 0.25) is 0 Å². The number of aryl methyl sites for hydroxylation is 1. The van der Waals surface area contributed by atoms with Gasteiger partial charge in [-0.2, -0.15) is 0 Å². The van der Waals surface area contributed by atoms with Gasteiger partial charge in [-0.1, -0.05) is 6.07 Å². The molecule has 0 aliphatic heterocycles. The molecule has 0 heterocycles. The van der Waals surface area contributed by atoms with E-state index < -0.39 is 10.0 Å². The standard InChI is InChI=1S/C13H22N2O3S/c1-5-18-8-10(3)15-19(16,17)13-11(4)9(2)6-7-12(13)14/h6-7,10,15H,5,8,14H2,1-4H3. The maximum atomic E-state index is 12.4. The summed E-state index contributed by atoms with van der Waals surface area (Å²) in [6.07, 6.45) is 0. The van der Waals surface area contributed by atoms with Crippen LogP contribution in [0.25, 0.3) is 0 Å². The maximum Gasteiger partial charge on any atom is 0.243 e. The van der Waals surface area contributed by atoms with E-state index >= 15 is 0 Å². The summed E-state index contributed by atoms with van der Waals surface area (Å²) < 4.78 is 32.5. The molecule has 0 aliphatic carbocycles. The number of nitrogen functional groups attached to an aromatic ring is 1. The number of hydrogen-bond acceptors (Lipinski definition) is 4. The monoisotopic (exact) mass is 286 g/mol. The van der Waals surface area contributed by atoms with E-state index in [2.05, 4.69) is 4.72 Å². The number of hydrogen-bond donors (Lipinski definition) is 2. The molecule has 19 heavy (non-hydrogen) atoms. The third kappa shape index (κ3) is 3.92. The van der Waals surface area contributed by atoms with Gasteiger partial charge in [0.2, 0.25) is 10.0 Å². The fourth-order valence-corrected chi connectivity index (χ4v) is 3.48. The summed E-state index contributed by atoms with van der Waals surface area (Å²) in [7, 11) is -3.63. The molecule has 1 aromatic rings. The van der Waals surface area contributed by atoms with Crippen LogP contribution in [-0.2, 0) is 14.8 Å². The molecule has 1 rings (SSSR count). The Kier molecular flexibility index (Phi) is 5.34. The highest BCUT2D eigenvalue weighted by Gasteiger charge is 2.23. The lowest BCUT2D eigenvalue weighted by Crippen LogP contribution is -2.36. The molecule has 1 aromatic carbocycles. The predicted molar refractivity (Wildman–Crippen MR) is 76.6 cm³/mol. The second-order valence-corrected chi connectivity index (χ2v) is 6.26. The lowest BCUT2D eigenvalue weighted by Gasteiger charge is -2.17. The molecule has 0 radical (unpaired) electrons. The molecule has 3 N–H and O–H groups in total. The third-order valence-corrected chi connectivity index (χ3v) is 4.70. The van der Waals surface area contributed by atoms with Gasteiger partial charge in [0.25, 0.3) is 0 Å². The molecule has 1 unspecified atom stereocenters. The molecule has 0 fully saturated rings. The number of nitrogens with one attached hydrogen (secondary N) is 1. The van der Waals surface area contributed by atoms with Gasteiger partial charge in [-0.25, -0.2) is 13.1 Å². The summed E-state index contributed by atoms with van der Waals surface area (Å²) >= 11 is 0. The lowest BCUT2D eigenvalue weighted by molar-refractivity contribution is 0.133. The molecule has 0 saturated heterocycles. The second-order valence-electron chi connectivity index (χ2n) is 4.61. The van der Waals surface area contributed by atoms with Crippen LogP contribution in [0.3, 0.4) is 0 Å². The zero-order valence-corrected chi connectivity index (χ0v) is 12.7. The van der Waals surface area contributed by atoms with Crippen molar-refractivity contribution < 1.29 is 13.2 Å². The van der Waals surface area contributed by atoms with Crippen molar-refractivity contribution in [3.63, 3.8) is 0 Å². The van der Waals surface area contributed by atoms with E-state index in [4.69, 9.17) is 10.5 Å². The Morgan fingerprint density at radius 1 is 1.37 bits per heavy atom. The van der Waals surface area contributed by atoms with Crippen molar-refractivity contribution in [2.45, 2.75) is 38.6 Å². The van der Waals surface area contributed by atoms with E-state index in [1.165, 1.54) is 0 Å². The molecule has 6 heteroatoms. The number of sulfonamides is 1. The number of benzene rings is 1. The summed E-state index contributed by atoms with van der Waals surface area (Å²) in [6.45, 7) is 8.13. The van der Waals surface area contributed by atoms with Crippen LogP contribution < -0.4 is 10.5 Å². The van der Waals surface area contributed by atoms with E-state index in [0.29, 0.717) is 18.8 Å². The number of rotatable bonds is 6. The summed E-state index contributed by atoms with van der Waals surface area (Å²) in [5.74, 6) is 0. The SMILES string of the molecule is CCOCC(C)NS(=O)(=O)c1c(N)ccc(C)c1C. The van der Waals surface area contributed by atoms with Crippen molar-refractivity contribution in [2.24, 2.45) is 0 Å². The van der Waals surface area contributed by atoms with Gasteiger partial charge in [-0.05, 0) is 44.9 Å². The Balaban J connectivity index is 3.04. The lowest BCUT2D eigenvalue weighted by atomic mass is 10.1. The van der Waals surface area contributed by atoms with E-state index in [1.807, 2.05) is 19.9 Å². The largest absolute Gasteiger partial charge is 0.398 e. The Hall–Kier alpha value is -1.11. The molecule has 0 saturated carbocycles. The average molecular weight is 286 g/mol. The Bertz CT molecular complexity index is 541. The van der Waals surface area contributed by atoms with Crippen LogP contribution in [0.15, 0.2) is 17.0 Å². The van der Waals surface area contributed by atoms with Crippen LogP contribution in [0.5, 0.6) is 0 Å². The molecule has 5 nitrogen and oxygen atoms in total. The van der Waals surface area contributed by atoms with Gasteiger partial charge in [0.05, 0.1) is 12.3 Å². The zero-order valence-electron chi connectivity index (χ0n) is 11.9. The fraction of sp³-hybridized carbons (Fsp3) is 0.538. The van der Waals surface area contributed by atoms with Crippen LogP contribution in [-0.4, -0.2) is 27.7 Å². The van der Waals surface area contributed by atoms with E-state index in [9.17, 15) is 8.42 Å². The first-order valence-corrected chi connectivity index (χ1v) is 7.73. The predicted octanol–water partition coefficient (Wildman–Crippen LogP) is 1.59. The second kappa shape index (κ2) is 6.36. The highest BCUT2D eigenvalue weighted by atomic mass is 32.2. The van der Waals surface area contributed by atoms with Crippen molar-refractivity contribution in [3.05, 3.63) is 23.3 Å². The van der Waals surface area contributed by atoms with Gasteiger partial charge >= 0.3 is 0 Å². The molecule has 0 spiro atoms. The van der Waals surface area contributed by atoms with Crippen LogP contribution >= 0.6 is 0 Å². The van der Waals surface area contributed by atoms with Crippen molar-refractivity contribution in [3.8, 4) is 0 Å². The minimum atomic E-state index is -3.63. The minimum absolute atomic E-state index is 0.163. The number of ether oxygens (including phenoxy) is 1. The Morgan fingerprint density at radius 2 is 2.00 bits per heavy atom. The first-order valence-electron chi connectivity index (χ1n) is 6.25. The summed E-state index contributed by atoms with van der Waals surface area (Å²) in [4.78, 5) is 0.163. The van der Waals surface area contributed by atoms with Crippen LogP contribution in [0.1, 0.15) is 25.0 Å². The topological polar surface area (TPSA) is 81.4 Å². The van der Waals surface area contributed by atoms with E-state index in [1.54, 1.807) is 19.9 Å². The smallest absolute Gasteiger partial charge is 0.243 e. The zero-order chi connectivity index (χ0) is 14.6. The van der Waals surface area contributed by atoms with Crippen molar-refractivity contribution >= 4 is 15.7 Å². The number of anilines is 1. The van der Waals surface area contributed by atoms with Gasteiger partial charge < -0.3 is 10.5 Å². The molecule has 0 aliphatic rings. The molecular formula is C13H22N2O3S. The van der Waals surface area contributed by atoms with Gasteiger partial charge in [0.15, 0.2) is 0 Å². The van der Waals surface area contributed by atoms with Crippen molar-refractivity contribution in [1.29, 1.82) is 0 Å². The van der Waals surface area contributed by atoms with E-state index in [0.717, 1.165) is 5.56 Å². The first kappa shape index (κ1) is 15.9. The quantitative estimate of drug-likeness (QED) is 0.778. The first-order chi connectivity index (χ1) is 8.79. The van der Waals surface area contributed by atoms with Crippen molar-refractivity contribution in [2.75, 3.05) is 18.9 Å². The summed E-state index contributed by atoms with van der Waals surface area (Å²) in [5.41, 5.74) is 7.64. The molecule has 0 bridgehead atoms. The van der Waals surface area contributed by atoms with Crippen LogP contribution in [0, 0.1) is 13.8 Å². The normalized spacial score (nSPS) is 13.5. The van der Waals surface area contributed by atoms with Gasteiger partial charge in [-0.3, -0.25) is 0 Å².